The van der Waals surface area contributed by atoms with Crippen molar-refractivity contribution in [2.45, 2.75) is 25.3 Å². The van der Waals surface area contributed by atoms with E-state index >= 15 is 0 Å². The first-order valence-corrected chi connectivity index (χ1v) is 9.37. The lowest BCUT2D eigenvalue weighted by Crippen LogP contribution is -2.46. The lowest BCUT2D eigenvalue weighted by molar-refractivity contribution is 0.0528. The average Bonchev–Trinajstić information content (AvgIpc) is 2.68. The highest BCUT2D eigenvalue weighted by atomic mass is 35.5. The van der Waals surface area contributed by atoms with Crippen molar-refractivity contribution in [3.8, 4) is 11.5 Å². The van der Waals surface area contributed by atoms with Crippen molar-refractivity contribution in [1.29, 1.82) is 0 Å². The number of likely N-dealkylation sites (tertiary alicyclic amines) is 1. The minimum Gasteiger partial charge on any atom is -0.497 e. The lowest BCUT2D eigenvalue weighted by Gasteiger charge is -2.35. The van der Waals surface area contributed by atoms with Crippen molar-refractivity contribution in [2.75, 3.05) is 20.3 Å². The minimum atomic E-state index is 0.00587. The van der Waals surface area contributed by atoms with Gasteiger partial charge in [0.15, 0.2) is 0 Å². The van der Waals surface area contributed by atoms with Crippen LogP contribution >= 0.6 is 23.2 Å². The third-order valence-electron chi connectivity index (χ3n) is 4.54. The first-order chi connectivity index (χ1) is 12.6. The predicted octanol–water partition coefficient (Wildman–Crippen LogP) is 5.08. The van der Waals surface area contributed by atoms with Crippen molar-refractivity contribution in [3.63, 3.8) is 0 Å². The van der Waals surface area contributed by atoms with Crippen LogP contribution in [0.5, 0.6) is 11.5 Å². The molecule has 0 radical (unpaired) electrons. The van der Waals surface area contributed by atoms with Crippen molar-refractivity contribution < 1.29 is 14.3 Å². The molecule has 1 saturated heterocycles. The number of ether oxygens (including phenoxy) is 2. The van der Waals surface area contributed by atoms with E-state index in [1.54, 1.807) is 31.4 Å². The first kappa shape index (κ1) is 18.9. The van der Waals surface area contributed by atoms with Gasteiger partial charge in [0.1, 0.15) is 18.1 Å². The molecule has 6 heteroatoms. The van der Waals surface area contributed by atoms with Gasteiger partial charge in [0.2, 0.25) is 0 Å². The summed E-state index contributed by atoms with van der Waals surface area (Å²) in [5, 5.41) is 0.948. The Morgan fingerprint density at radius 1 is 1.12 bits per heavy atom. The first-order valence-electron chi connectivity index (χ1n) is 8.61. The standard InChI is InChI=1S/C20H21Cl2NO3/c1-25-16-7-4-5-14(11-16)20(24)23-10-3-2-6-15(23)13-26-17-8-9-18(21)19(22)12-17/h4-5,7-9,11-12,15H,2-3,6,10,13H2,1H3/t15-/m0/s1. The third-order valence-corrected chi connectivity index (χ3v) is 5.28. The minimum absolute atomic E-state index is 0.00587. The Morgan fingerprint density at radius 3 is 2.73 bits per heavy atom. The fourth-order valence-corrected chi connectivity index (χ4v) is 3.41. The Morgan fingerprint density at radius 2 is 1.96 bits per heavy atom. The zero-order valence-corrected chi connectivity index (χ0v) is 16.1. The number of benzene rings is 2. The van der Waals surface area contributed by atoms with Gasteiger partial charge >= 0.3 is 0 Å². The number of hydrogen-bond donors (Lipinski definition) is 0. The molecule has 1 heterocycles. The summed E-state index contributed by atoms with van der Waals surface area (Å²) >= 11 is 12.0. The zero-order valence-electron chi connectivity index (χ0n) is 14.6. The molecule has 1 amide bonds. The fraction of sp³-hybridized carbons (Fsp3) is 0.350. The maximum atomic E-state index is 13.0. The monoisotopic (exact) mass is 393 g/mol. The van der Waals surface area contributed by atoms with E-state index < -0.39 is 0 Å². The quantitative estimate of drug-likeness (QED) is 0.710. The molecule has 1 fully saturated rings. The zero-order chi connectivity index (χ0) is 18.5. The summed E-state index contributed by atoms with van der Waals surface area (Å²) in [4.78, 5) is 14.9. The van der Waals surface area contributed by atoms with E-state index in [4.69, 9.17) is 32.7 Å². The molecule has 0 saturated carbocycles. The largest absolute Gasteiger partial charge is 0.497 e. The van der Waals surface area contributed by atoms with Gasteiger partial charge in [0.05, 0.1) is 23.2 Å². The van der Waals surface area contributed by atoms with Gasteiger partial charge in [-0.25, -0.2) is 0 Å². The summed E-state index contributed by atoms with van der Waals surface area (Å²) in [5.41, 5.74) is 0.630. The number of carbonyl (C=O) groups excluding carboxylic acids is 1. The maximum Gasteiger partial charge on any atom is 0.254 e. The second-order valence-electron chi connectivity index (χ2n) is 6.27. The highest BCUT2D eigenvalue weighted by Crippen LogP contribution is 2.27. The predicted molar refractivity (Wildman–Crippen MR) is 104 cm³/mol. The molecule has 2 aromatic carbocycles. The Bertz CT molecular complexity index is 781. The van der Waals surface area contributed by atoms with E-state index in [1.807, 2.05) is 23.1 Å². The van der Waals surface area contributed by atoms with Gasteiger partial charge in [0.25, 0.3) is 5.91 Å². The molecule has 0 unspecified atom stereocenters. The van der Waals surface area contributed by atoms with E-state index in [-0.39, 0.29) is 11.9 Å². The summed E-state index contributed by atoms with van der Waals surface area (Å²) in [5.74, 6) is 1.33. The molecule has 138 valence electrons. The van der Waals surface area contributed by atoms with Crippen molar-refractivity contribution in [3.05, 3.63) is 58.1 Å². The normalized spacial score (nSPS) is 17.0. The molecular weight excluding hydrogens is 373 g/mol. The van der Waals surface area contributed by atoms with E-state index in [0.29, 0.717) is 33.7 Å². The lowest BCUT2D eigenvalue weighted by atomic mass is 10.0. The van der Waals surface area contributed by atoms with E-state index in [1.165, 1.54) is 0 Å². The van der Waals surface area contributed by atoms with Crippen LogP contribution in [0.25, 0.3) is 0 Å². The van der Waals surface area contributed by atoms with E-state index in [0.717, 1.165) is 25.8 Å². The summed E-state index contributed by atoms with van der Waals surface area (Å²) in [7, 11) is 1.60. The summed E-state index contributed by atoms with van der Waals surface area (Å²) < 4.78 is 11.1. The van der Waals surface area contributed by atoms with Crippen molar-refractivity contribution >= 4 is 29.1 Å². The van der Waals surface area contributed by atoms with Gasteiger partial charge in [-0.3, -0.25) is 4.79 Å². The number of piperidine rings is 1. The molecule has 1 atom stereocenters. The van der Waals surface area contributed by atoms with Crippen LogP contribution in [0.1, 0.15) is 29.6 Å². The molecule has 0 spiro atoms. The average molecular weight is 394 g/mol. The molecule has 0 aliphatic carbocycles. The maximum absolute atomic E-state index is 13.0. The summed E-state index contributed by atoms with van der Waals surface area (Å²) in [6.45, 7) is 1.15. The second kappa shape index (κ2) is 8.65. The molecule has 0 aromatic heterocycles. The van der Waals surface area contributed by atoms with Crippen LogP contribution in [-0.4, -0.2) is 37.1 Å². The Hall–Kier alpha value is -1.91. The summed E-state index contributed by atoms with van der Waals surface area (Å²) in [6, 6.07) is 12.5. The SMILES string of the molecule is COc1cccc(C(=O)N2CCCC[C@H]2COc2ccc(Cl)c(Cl)c2)c1. The fourth-order valence-electron chi connectivity index (χ4n) is 3.12. The smallest absolute Gasteiger partial charge is 0.254 e. The third kappa shape index (κ3) is 4.43. The van der Waals surface area contributed by atoms with E-state index in [9.17, 15) is 4.79 Å². The van der Waals surface area contributed by atoms with Crippen LogP contribution in [0.15, 0.2) is 42.5 Å². The summed E-state index contributed by atoms with van der Waals surface area (Å²) in [6.07, 6.45) is 2.99. The topological polar surface area (TPSA) is 38.8 Å². The number of nitrogens with zero attached hydrogens (tertiary/aromatic N) is 1. The van der Waals surface area contributed by atoms with Crippen LogP contribution < -0.4 is 9.47 Å². The molecule has 0 N–H and O–H groups in total. The van der Waals surface area contributed by atoms with Crippen LogP contribution in [-0.2, 0) is 0 Å². The number of hydrogen-bond acceptors (Lipinski definition) is 3. The number of halogens is 2. The van der Waals surface area contributed by atoms with Crippen LogP contribution in [0.3, 0.4) is 0 Å². The number of rotatable bonds is 5. The van der Waals surface area contributed by atoms with E-state index in [2.05, 4.69) is 0 Å². The molecule has 26 heavy (non-hydrogen) atoms. The molecule has 3 rings (SSSR count). The second-order valence-corrected chi connectivity index (χ2v) is 7.08. The van der Waals surface area contributed by atoms with Crippen LogP contribution in [0.4, 0.5) is 0 Å². The van der Waals surface area contributed by atoms with Crippen molar-refractivity contribution in [1.82, 2.24) is 4.90 Å². The Labute approximate surface area is 163 Å². The van der Waals surface area contributed by atoms with Crippen LogP contribution in [0.2, 0.25) is 10.0 Å². The van der Waals surface area contributed by atoms with Crippen molar-refractivity contribution in [2.24, 2.45) is 0 Å². The van der Waals surface area contributed by atoms with Gasteiger partial charge in [-0.05, 0) is 49.6 Å². The molecule has 1 aliphatic heterocycles. The highest BCUT2D eigenvalue weighted by Gasteiger charge is 2.28. The van der Waals surface area contributed by atoms with Gasteiger partial charge in [0, 0.05) is 18.2 Å². The highest BCUT2D eigenvalue weighted by molar-refractivity contribution is 6.42. The molecule has 4 nitrogen and oxygen atoms in total. The Balaban J connectivity index is 1.70. The Kier molecular flexibility index (Phi) is 6.28. The van der Waals surface area contributed by atoms with Gasteiger partial charge < -0.3 is 14.4 Å². The number of carbonyl (C=O) groups is 1. The molecular formula is C20H21Cl2NO3. The molecule has 1 aliphatic rings. The molecule has 2 aromatic rings. The van der Waals surface area contributed by atoms with Gasteiger partial charge in [-0.1, -0.05) is 29.3 Å². The number of methoxy groups -OCH3 is 1. The molecule has 0 bridgehead atoms. The van der Waals surface area contributed by atoms with Crippen LogP contribution in [0, 0.1) is 0 Å². The van der Waals surface area contributed by atoms with Gasteiger partial charge in [-0.15, -0.1) is 0 Å². The number of amides is 1. The van der Waals surface area contributed by atoms with Gasteiger partial charge in [-0.2, -0.15) is 0 Å².